The lowest BCUT2D eigenvalue weighted by Gasteiger charge is -1.94. The molecule has 0 saturated carbocycles. The fraction of sp³-hybridized carbons (Fsp3) is 0.800. The van der Waals surface area contributed by atoms with Gasteiger partial charge in [0.25, 0.3) is 16.1 Å². The van der Waals surface area contributed by atoms with Crippen molar-refractivity contribution in [3.05, 3.63) is 0 Å². The molecule has 0 atom stereocenters. The first-order chi connectivity index (χ1) is 5.12. The molecular weight excluding hydrogens is 170 g/mol. The zero-order chi connectivity index (χ0) is 8.74. The molecule has 0 bridgehead atoms. The van der Waals surface area contributed by atoms with Crippen LogP contribution in [0.15, 0.2) is 4.40 Å². The minimum absolute atomic E-state index is 0.171. The van der Waals surface area contributed by atoms with E-state index < -0.39 is 10.0 Å². The van der Waals surface area contributed by atoms with E-state index in [9.17, 15) is 13.2 Å². The molecule has 0 spiro atoms. The maximum Gasteiger partial charge on any atom is 0.263 e. The van der Waals surface area contributed by atoms with Crippen molar-refractivity contribution < 1.29 is 17.9 Å². The Morgan fingerprint density at radius 3 is 2.64 bits per heavy atom. The summed E-state index contributed by atoms with van der Waals surface area (Å²) in [6.07, 6.45) is 1.32. The Morgan fingerprint density at radius 1 is 1.55 bits per heavy atom. The molecule has 0 amide bonds. The Labute approximate surface area is 65.1 Å². The number of nitrogens with zero attached hydrogens (tertiary/aromatic N) is 1. The van der Waals surface area contributed by atoms with Crippen LogP contribution in [0.1, 0.15) is 6.42 Å². The third-order valence-corrected chi connectivity index (χ3v) is 2.08. The van der Waals surface area contributed by atoms with Gasteiger partial charge in [0.05, 0.1) is 5.75 Å². The quantitative estimate of drug-likeness (QED) is 0.329. The number of rotatable bonds is 5. The van der Waals surface area contributed by atoms with Gasteiger partial charge in [-0.2, -0.15) is 0 Å². The van der Waals surface area contributed by atoms with Gasteiger partial charge in [0.2, 0.25) is 0 Å². The molecule has 5 nitrogen and oxygen atoms in total. The fourth-order valence-electron chi connectivity index (χ4n) is 0.488. The largest absolute Gasteiger partial charge is 0.385 e. The van der Waals surface area contributed by atoms with Gasteiger partial charge in [-0.1, -0.05) is 4.40 Å². The Balaban J connectivity index is 3.84. The second-order valence-corrected chi connectivity index (χ2v) is 3.57. The van der Waals surface area contributed by atoms with Gasteiger partial charge in [0.1, 0.15) is 0 Å². The summed E-state index contributed by atoms with van der Waals surface area (Å²) in [5, 5.41) is 0. The minimum Gasteiger partial charge on any atom is -0.385 e. The van der Waals surface area contributed by atoms with Gasteiger partial charge in [0, 0.05) is 13.7 Å². The Hall–Kier alpha value is -0.710. The van der Waals surface area contributed by atoms with Crippen LogP contribution in [0.3, 0.4) is 0 Å². The molecule has 0 aromatic heterocycles. The van der Waals surface area contributed by atoms with Crippen molar-refractivity contribution in [2.45, 2.75) is 6.42 Å². The molecule has 0 aliphatic rings. The van der Waals surface area contributed by atoms with Crippen LogP contribution >= 0.6 is 0 Å². The summed E-state index contributed by atoms with van der Waals surface area (Å²) in [6.45, 7) is 0.341. The van der Waals surface area contributed by atoms with Crippen LogP contribution < -0.4 is 0 Å². The van der Waals surface area contributed by atoms with E-state index in [0.717, 1.165) is 6.08 Å². The van der Waals surface area contributed by atoms with Gasteiger partial charge in [-0.25, -0.2) is 13.2 Å². The van der Waals surface area contributed by atoms with Crippen LogP contribution in [0.2, 0.25) is 0 Å². The molecule has 6 heteroatoms. The number of carbonyl (C=O) groups excluding carboxylic acids is 1. The van der Waals surface area contributed by atoms with Gasteiger partial charge < -0.3 is 4.74 Å². The Bertz CT molecular complexity index is 239. The molecule has 0 fully saturated rings. The summed E-state index contributed by atoms with van der Waals surface area (Å²) in [4.78, 5) is 9.55. The SMILES string of the molecule is COCCCS(=O)(=O)N=C=O. The van der Waals surface area contributed by atoms with E-state index in [1.165, 1.54) is 7.11 Å². The average Bonchev–Trinajstić information content (AvgIpc) is 1.87. The molecule has 64 valence electrons. The van der Waals surface area contributed by atoms with Crippen LogP contribution in [0.5, 0.6) is 0 Å². The topological polar surface area (TPSA) is 72.8 Å². The van der Waals surface area contributed by atoms with Crippen LogP contribution in [0.25, 0.3) is 0 Å². The normalized spacial score (nSPS) is 10.6. The molecule has 11 heavy (non-hydrogen) atoms. The first-order valence-electron chi connectivity index (χ1n) is 2.93. The zero-order valence-corrected chi connectivity index (χ0v) is 6.93. The van der Waals surface area contributed by atoms with Gasteiger partial charge >= 0.3 is 0 Å². The number of hydrogen-bond acceptors (Lipinski definition) is 4. The molecule has 0 radical (unpaired) electrons. The summed E-state index contributed by atoms with van der Waals surface area (Å²) in [5.74, 6) is -0.171. The molecule has 0 rings (SSSR count). The van der Waals surface area contributed by atoms with Crippen LogP contribution in [0.4, 0.5) is 0 Å². The molecular formula is C5H9NO4S. The highest BCUT2D eigenvalue weighted by Gasteiger charge is 2.06. The van der Waals surface area contributed by atoms with Crippen LogP contribution in [0, 0.1) is 0 Å². The van der Waals surface area contributed by atoms with Gasteiger partial charge in [-0.3, -0.25) is 0 Å². The van der Waals surface area contributed by atoms with E-state index in [-0.39, 0.29) is 5.75 Å². The summed E-state index contributed by atoms with van der Waals surface area (Å²) < 4.78 is 28.5. The van der Waals surface area contributed by atoms with Crippen molar-refractivity contribution in [2.75, 3.05) is 19.5 Å². The smallest absolute Gasteiger partial charge is 0.263 e. The van der Waals surface area contributed by atoms with E-state index >= 15 is 0 Å². The highest BCUT2D eigenvalue weighted by Crippen LogP contribution is 1.93. The zero-order valence-electron chi connectivity index (χ0n) is 6.11. The highest BCUT2D eigenvalue weighted by atomic mass is 32.2. The first kappa shape index (κ1) is 10.3. The molecule has 0 aromatic carbocycles. The lowest BCUT2D eigenvalue weighted by molar-refractivity contribution is 0.199. The summed E-state index contributed by atoms with van der Waals surface area (Å²) >= 11 is 0. The predicted molar refractivity (Wildman–Crippen MR) is 38.4 cm³/mol. The van der Waals surface area contributed by atoms with E-state index in [1.54, 1.807) is 0 Å². The Kier molecular flexibility index (Phi) is 4.69. The number of hydrogen-bond donors (Lipinski definition) is 0. The summed E-state index contributed by atoms with van der Waals surface area (Å²) in [7, 11) is -2.11. The number of isocyanates is 1. The lowest BCUT2D eigenvalue weighted by atomic mass is 10.5. The number of ether oxygens (including phenoxy) is 1. The van der Waals surface area contributed by atoms with Crippen molar-refractivity contribution in [3.63, 3.8) is 0 Å². The molecule has 0 aromatic rings. The van der Waals surface area contributed by atoms with Crippen molar-refractivity contribution in [1.29, 1.82) is 0 Å². The van der Waals surface area contributed by atoms with Crippen molar-refractivity contribution in [1.82, 2.24) is 0 Å². The van der Waals surface area contributed by atoms with Crippen LogP contribution in [-0.4, -0.2) is 34.0 Å². The third-order valence-electron chi connectivity index (χ3n) is 0.927. The minimum atomic E-state index is -3.58. The molecule has 0 N–H and O–H groups in total. The second kappa shape index (κ2) is 5.01. The van der Waals surface area contributed by atoms with E-state index in [2.05, 4.69) is 9.13 Å². The molecule has 0 heterocycles. The molecule has 0 saturated heterocycles. The molecule has 0 aliphatic heterocycles. The summed E-state index contributed by atoms with van der Waals surface area (Å²) in [6, 6.07) is 0. The molecule has 0 aliphatic carbocycles. The van der Waals surface area contributed by atoms with E-state index in [0.29, 0.717) is 13.0 Å². The lowest BCUT2D eigenvalue weighted by Crippen LogP contribution is -2.04. The van der Waals surface area contributed by atoms with Crippen molar-refractivity contribution in [2.24, 2.45) is 4.40 Å². The van der Waals surface area contributed by atoms with Crippen molar-refractivity contribution in [3.8, 4) is 0 Å². The fourth-order valence-corrected chi connectivity index (χ4v) is 1.18. The average molecular weight is 179 g/mol. The van der Waals surface area contributed by atoms with Crippen LogP contribution in [-0.2, 0) is 19.6 Å². The Morgan fingerprint density at radius 2 is 2.18 bits per heavy atom. The monoisotopic (exact) mass is 179 g/mol. The van der Waals surface area contributed by atoms with E-state index in [1.807, 2.05) is 0 Å². The number of sulfonamides is 1. The maximum absolute atomic E-state index is 10.6. The van der Waals surface area contributed by atoms with Gasteiger partial charge in [-0.05, 0) is 6.42 Å². The van der Waals surface area contributed by atoms with E-state index in [4.69, 9.17) is 0 Å². The van der Waals surface area contributed by atoms with Gasteiger partial charge in [0.15, 0.2) is 0 Å². The first-order valence-corrected chi connectivity index (χ1v) is 4.54. The number of methoxy groups -OCH3 is 1. The highest BCUT2D eigenvalue weighted by molar-refractivity contribution is 7.90. The second-order valence-electron chi connectivity index (χ2n) is 1.81. The maximum atomic E-state index is 10.6. The summed E-state index contributed by atoms with van der Waals surface area (Å²) in [5.41, 5.74) is 0. The van der Waals surface area contributed by atoms with Gasteiger partial charge in [-0.15, -0.1) is 0 Å². The molecule has 0 unspecified atom stereocenters. The standard InChI is InChI=1S/C5H9NO4S/c1-10-3-2-4-11(8,9)6-5-7/h2-4H2,1H3. The van der Waals surface area contributed by atoms with Crippen molar-refractivity contribution >= 4 is 16.1 Å². The predicted octanol–water partition coefficient (Wildman–Crippen LogP) is -0.311. The third kappa shape index (κ3) is 5.72.